The van der Waals surface area contributed by atoms with Gasteiger partial charge in [0.1, 0.15) is 5.76 Å². The summed E-state index contributed by atoms with van der Waals surface area (Å²) in [6.45, 7) is 3.21. The van der Waals surface area contributed by atoms with Crippen LogP contribution in [0.5, 0.6) is 0 Å². The molecule has 1 N–H and O–H groups in total. The molecular formula is C12H11FO3. The molecule has 2 rings (SSSR count). The maximum absolute atomic E-state index is 13.4. The van der Waals surface area contributed by atoms with E-state index >= 15 is 0 Å². The van der Waals surface area contributed by atoms with Crippen LogP contribution in [0.3, 0.4) is 0 Å². The molecular weight excluding hydrogens is 211 g/mol. The molecule has 1 unspecified atom stereocenters. The molecule has 0 saturated heterocycles. The van der Waals surface area contributed by atoms with E-state index in [9.17, 15) is 9.18 Å². The summed E-state index contributed by atoms with van der Waals surface area (Å²) < 4.78 is 18.7. The SMILES string of the molecule is Cc1oc2c(F)cccc2c1C(C)C(=O)O. The summed E-state index contributed by atoms with van der Waals surface area (Å²) in [5.41, 5.74) is 0.671. The molecule has 84 valence electrons. The number of rotatable bonds is 2. The molecule has 0 saturated carbocycles. The average Bonchev–Trinajstić information content (AvgIpc) is 2.55. The lowest BCUT2D eigenvalue weighted by atomic mass is 9.98. The Morgan fingerprint density at radius 1 is 1.50 bits per heavy atom. The summed E-state index contributed by atoms with van der Waals surface area (Å²) >= 11 is 0. The highest BCUT2D eigenvalue weighted by Crippen LogP contribution is 2.32. The molecule has 0 aliphatic carbocycles. The molecule has 0 bridgehead atoms. The van der Waals surface area contributed by atoms with Crippen LogP contribution in [-0.4, -0.2) is 11.1 Å². The lowest BCUT2D eigenvalue weighted by Gasteiger charge is -2.04. The Morgan fingerprint density at radius 3 is 2.81 bits per heavy atom. The van der Waals surface area contributed by atoms with Crippen molar-refractivity contribution in [2.24, 2.45) is 0 Å². The first kappa shape index (κ1) is 10.7. The highest BCUT2D eigenvalue weighted by atomic mass is 19.1. The number of hydrogen-bond acceptors (Lipinski definition) is 2. The van der Waals surface area contributed by atoms with Crippen molar-refractivity contribution >= 4 is 16.9 Å². The van der Waals surface area contributed by atoms with Crippen molar-refractivity contribution in [2.75, 3.05) is 0 Å². The van der Waals surface area contributed by atoms with Crippen molar-refractivity contribution in [2.45, 2.75) is 19.8 Å². The second kappa shape index (κ2) is 3.63. The van der Waals surface area contributed by atoms with Crippen LogP contribution in [0.2, 0.25) is 0 Å². The summed E-state index contributed by atoms with van der Waals surface area (Å²) in [5.74, 6) is -1.67. The van der Waals surface area contributed by atoms with Crippen LogP contribution in [0.15, 0.2) is 22.6 Å². The first-order valence-electron chi connectivity index (χ1n) is 4.92. The second-order valence-corrected chi connectivity index (χ2v) is 3.75. The second-order valence-electron chi connectivity index (χ2n) is 3.75. The third kappa shape index (κ3) is 1.46. The molecule has 0 amide bonds. The first-order chi connectivity index (χ1) is 7.52. The molecule has 1 atom stereocenters. The van der Waals surface area contributed by atoms with E-state index in [1.165, 1.54) is 6.07 Å². The average molecular weight is 222 g/mol. The summed E-state index contributed by atoms with van der Waals surface area (Å²) in [7, 11) is 0. The minimum Gasteiger partial charge on any atom is -0.481 e. The van der Waals surface area contributed by atoms with Crippen LogP contribution >= 0.6 is 0 Å². The Kier molecular flexibility index (Phi) is 2.42. The summed E-state index contributed by atoms with van der Waals surface area (Å²) in [4.78, 5) is 10.9. The molecule has 1 heterocycles. The largest absolute Gasteiger partial charge is 0.481 e. The molecule has 0 radical (unpaired) electrons. The standard InChI is InChI=1S/C12H11FO3/c1-6(12(14)15)10-7(2)16-11-8(10)4-3-5-9(11)13/h3-6H,1-2H3,(H,14,15). The van der Waals surface area contributed by atoms with Gasteiger partial charge in [-0.15, -0.1) is 0 Å². The van der Waals surface area contributed by atoms with E-state index in [0.717, 1.165) is 0 Å². The Hall–Kier alpha value is -1.84. The van der Waals surface area contributed by atoms with E-state index in [1.807, 2.05) is 0 Å². The van der Waals surface area contributed by atoms with Gasteiger partial charge in [-0.3, -0.25) is 4.79 Å². The number of benzene rings is 1. The minimum absolute atomic E-state index is 0.128. The van der Waals surface area contributed by atoms with Gasteiger partial charge >= 0.3 is 5.97 Å². The van der Waals surface area contributed by atoms with E-state index in [4.69, 9.17) is 9.52 Å². The van der Waals surface area contributed by atoms with Gasteiger partial charge in [-0.25, -0.2) is 4.39 Å². The van der Waals surface area contributed by atoms with Gasteiger partial charge in [-0.2, -0.15) is 0 Å². The third-order valence-electron chi connectivity index (χ3n) is 2.70. The van der Waals surface area contributed by atoms with Crippen LogP contribution in [0.4, 0.5) is 4.39 Å². The molecule has 16 heavy (non-hydrogen) atoms. The molecule has 0 spiro atoms. The molecule has 0 aliphatic rings. The van der Waals surface area contributed by atoms with Crippen LogP contribution in [0, 0.1) is 12.7 Å². The molecule has 2 aromatic rings. The van der Waals surface area contributed by atoms with E-state index in [2.05, 4.69) is 0 Å². The van der Waals surface area contributed by atoms with Crippen molar-refractivity contribution in [1.29, 1.82) is 0 Å². The first-order valence-corrected chi connectivity index (χ1v) is 4.92. The highest BCUT2D eigenvalue weighted by molar-refractivity contribution is 5.89. The third-order valence-corrected chi connectivity index (χ3v) is 2.70. The Morgan fingerprint density at radius 2 is 2.19 bits per heavy atom. The fourth-order valence-corrected chi connectivity index (χ4v) is 1.88. The minimum atomic E-state index is -0.949. The van der Waals surface area contributed by atoms with E-state index in [0.29, 0.717) is 16.7 Å². The number of carboxylic acid groups (broad SMARTS) is 1. The van der Waals surface area contributed by atoms with Gasteiger partial charge in [0, 0.05) is 10.9 Å². The van der Waals surface area contributed by atoms with Gasteiger partial charge in [-0.1, -0.05) is 12.1 Å². The number of hydrogen-bond donors (Lipinski definition) is 1. The van der Waals surface area contributed by atoms with E-state index in [-0.39, 0.29) is 5.58 Å². The maximum atomic E-state index is 13.4. The van der Waals surface area contributed by atoms with Gasteiger partial charge in [0.15, 0.2) is 11.4 Å². The fourth-order valence-electron chi connectivity index (χ4n) is 1.88. The van der Waals surface area contributed by atoms with Crippen molar-refractivity contribution in [1.82, 2.24) is 0 Å². The molecule has 4 heteroatoms. The monoisotopic (exact) mass is 222 g/mol. The lowest BCUT2D eigenvalue weighted by molar-refractivity contribution is -0.138. The van der Waals surface area contributed by atoms with Crippen molar-refractivity contribution < 1.29 is 18.7 Å². The van der Waals surface area contributed by atoms with Crippen LogP contribution in [-0.2, 0) is 4.79 Å². The van der Waals surface area contributed by atoms with Crippen molar-refractivity contribution in [3.05, 3.63) is 35.3 Å². The molecule has 1 aromatic heterocycles. The van der Waals surface area contributed by atoms with Gasteiger partial charge in [-0.05, 0) is 19.9 Å². The smallest absolute Gasteiger partial charge is 0.310 e. The zero-order valence-corrected chi connectivity index (χ0v) is 8.95. The number of halogens is 1. The van der Waals surface area contributed by atoms with Gasteiger partial charge in [0.2, 0.25) is 0 Å². The van der Waals surface area contributed by atoms with Gasteiger partial charge < -0.3 is 9.52 Å². The van der Waals surface area contributed by atoms with E-state index < -0.39 is 17.7 Å². The number of aryl methyl sites for hydroxylation is 1. The number of fused-ring (bicyclic) bond motifs is 1. The number of carbonyl (C=O) groups is 1. The molecule has 3 nitrogen and oxygen atoms in total. The predicted molar refractivity (Wildman–Crippen MR) is 57.0 cm³/mol. The van der Waals surface area contributed by atoms with Gasteiger partial charge in [0.25, 0.3) is 0 Å². The van der Waals surface area contributed by atoms with Gasteiger partial charge in [0.05, 0.1) is 5.92 Å². The van der Waals surface area contributed by atoms with Crippen LogP contribution in [0.25, 0.3) is 11.0 Å². The quantitative estimate of drug-likeness (QED) is 0.849. The summed E-state index contributed by atoms with van der Waals surface area (Å²) in [6.07, 6.45) is 0. The molecule has 0 aliphatic heterocycles. The highest BCUT2D eigenvalue weighted by Gasteiger charge is 2.23. The molecule has 0 fully saturated rings. The van der Waals surface area contributed by atoms with E-state index in [1.54, 1.807) is 26.0 Å². The Bertz CT molecular complexity index is 557. The normalized spacial score (nSPS) is 12.9. The lowest BCUT2D eigenvalue weighted by Crippen LogP contribution is -2.07. The Labute approximate surface area is 91.5 Å². The zero-order valence-electron chi connectivity index (χ0n) is 8.95. The van der Waals surface area contributed by atoms with Crippen molar-refractivity contribution in [3.8, 4) is 0 Å². The topological polar surface area (TPSA) is 50.4 Å². The van der Waals surface area contributed by atoms with Crippen LogP contribution < -0.4 is 0 Å². The number of para-hydroxylation sites is 1. The van der Waals surface area contributed by atoms with Crippen molar-refractivity contribution in [3.63, 3.8) is 0 Å². The molecule has 1 aromatic carbocycles. The van der Waals surface area contributed by atoms with Crippen LogP contribution in [0.1, 0.15) is 24.2 Å². The zero-order chi connectivity index (χ0) is 11.9. The fraction of sp³-hybridized carbons (Fsp3) is 0.250. The number of furan rings is 1. The summed E-state index contributed by atoms with van der Waals surface area (Å²) in [5, 5.41) is 9.51. The predicted octanol–water partition coefficient (Wildman–Crippen LogP) is 3.07. The number of carboxylic acids is 1. The number of aliphatic carboxylic acids is 1. The maximum Gasteiger partial charge on any atom is 0.310 e. The summed E-state index contributed by atoms with van der Waals surface area (Å²) in [6, 6.07) is 4.51. The Balaban J connectivity index is 2.74.